The van der Waals surface area contributed by atoms with Crippen molar-refractivity contribution < 1.29 is 14.8 Å². The van der Waals surface area contributed by atoms with E-state index in [1.54, 1.807) is 32.0 Å². The van der Waals surface area contributed by atoms with Crippen LogP contribution in [0.15, 0.2) is 30.5 Å². The number of hydrogen-bond donors (Lipinski definition) is 2. The molecule has 0 spiro atoms. The van der Waals surface area contributed by atoms with E-state index in [9.17, 15) is 14.9 Å². The average molecular weight is 287 g/mol. The minimum atomic E-state index is -1.02. The van der Waals surface area contributed by atoms with Crippen molar-refractivity contribution in [2.24, 2.45) is 0 Å². The summed E-state index contributed by atoms with van der Waals surface area (Å²) in [6.07, 6.45) is 1.48. The summed E-state index contributed by atoms with van der Waals surface area (Å²) < 4.78 is 0. The van der Waals surface area contributed by atoms with Gasteiger partial charge >= 0.3 is 11.7 Å². The second kappa shape index (κ2) is 5.58. The van der Waals surface area contributed by atoms with Gasteiger partial charge in [-0.1, -0.05) is 0 Å². The second-order valence-corrected chi connectivity index (χ2v) is 4.54. The van der Waals surface area contributed by atoms with E-state index in [1.165, 1.54) is 12.3 Å². The first-order chi connectivity index (χ1) is 9.90. The Labute approximate surface area is 120 Å². The largest absolute Gasteiger partial charge is 0.478 e. The molecule has 21 heavy (non-hydrogen) atoms. The maximum atomic E-state index is 11.1. The van der Waals surface area contributed by atoms with Gasteiger partial charge in [0.25, 0.3) is 0 Å². The summed E-state index contributed by atoms with van der Waals surface area (Å²) in [6.45, 7) is 3.29. The monoisotopic (exact) mass is 287 g/mol. The van der Waals surface area contributed by atoms with Crippen molar-refractivity contribution in [2.75, 3.05) is 5.32 Å². The molecule has 1 heterocycles. The number of nitrogens with zero attached hydrogens (tertiary/aromatic N) is 2. The van der Waals surface area contributed by atoms with Crippen LogP contribution in [0.5, 0.6) is 0 Å². The Bertz CT molecular complexity index is 728. The zero-order valence-corrected chi connectivity index (χ0v) is 11.5. The average Bonchev–Trinajstić information content (AvgIpc) is 2.37. The number of rotatable bonds is 4. The Morgan fingerprint density at radius 3 is 2.57 bits per heavy atom. The third kappa shape index (κ3) is 2.97. The van der Waals surface area contributed by atoms with Crippen LogP contribution in [0.2, 0.25) is 0 Å². The molecule has 7 nitrogen and oxygen atoms in total. The fraction of sp³-hybridized carbons (Fsp3) is 0.143. The lowest BCUT2D eigenvalue weighted by Gasteiger charge is -2.09. The summed E-state index contributed by atoms with van der Waals surface area (Å²) in [6, 6.07) is 6.16. The van der Waals surface area contributed by atoms with Gasteiger partial charge in [-0.15, -0.1) is 0 Å². The predicted molar refractivity (Wildman–Crippen MR) is 77.0 cm³/mol. The number of benzene rings is 1. The maximum absolute atomic E-state index is 11.1. The van der Waals surface area contributed by atoms with E-state index in [4.69, 9.17) is 5.11 Å². The zero-order valence-electron chi connectivity index (χ0n) is 11.5. The highest BCUT2D eigenvalue weighted by molar-refractivity contribution is 5.90. The van der Waals surface area contributed by atoms with Crippen molar-refractivity contribution >= 4 is 23.2 Å². The van der Waals surface area contributed by atoms with Crippen LogP contribution < -0.4 is 5.32 Å². The summed E-state index contributed by atoms with van der Waals surface area (Å²) in [5, 5.41) is 22.9. The highest BCUT2D eigenvalue weighted by atomic mass is 16.6. The normalized spacial score (nSPS) is 10.2. The van der Waals surface area contributed by atoms with Crippen LogP contribution in [-0.2, 0) is 0 Å². The summed E-state index contributed by atoms with van der Waals surface area (Å²) in [7, 11) is 0. The number of pyridine rings is 1. The predicted octanol–water partition coefficient (Wildman–Crippen LogP) is 3.05. The van der Waals surface area contributed by atoms with Crippen molar-refractivity contribution in [3.8, 4) is 0 Å². The number of aromatic carboxylic acids is 1. The van der Waals surface area contributed by atoms with Crippen LogP contribution in [0.25, 0.3) is 0 Å². The number of nitro groups is 1. The van der Waals surface area contributed by atoms with E-state index < -0.39 is 10.9 Å². The molecule has 7 heteroatoms. The van der Waals surface area contributed by atoms with Gasteiger partial charge in [-0.05, 0) is 43.7 Å². The maximum Gasteiger partial charge on any atom is 0.335 e. The second-order valence-electron chi connectivity index (χ2n) is 4.54. The van der Waals surface area contributed by atoms with Crippen LogP contribution in [0.4, 0.5) is 17.2 Å². The molecule has 0 amide bonds. The molecule has 2 N–H and O–H groups in total. The smallest absolute Gasteiger partial charge is 0.335 e. The van der Waals surface area contributed by atoms with Gasteiger partial charge in [-0.2, -0.15) is 0 Å². The van der Waals surface area contributed by atoms with Crippen molar-refractivity contribution in [3.05, 3.63) is 57.3 Å². The standard InChI is InChI=1S/C14H13N3O4/c1-8-5-6-15-13(12(8)17(20)21)16-10-3-4-11(14(18)19)9(2)7-10/h3-7H,1-2H3,(H,15,16)(H,18,19). The molecule has 0 bridgehead atoms. The van der Waals surface area contributed by atoms with E-state index in [0.717, 1.165) is 0 Å². The van der Waals surface area contributed by atoms with Gasteiger partial charge in [-0.25, -0.2) is 9.78 Å². The molecular formula is C14H13N3O4. The number of aryl methyl sites for hydroxylation is 2. The summed E-state index contributed by atoms with van der Waals surface area (Å²) in [4.78, 5) is 25.5. The lowest BCUT2D eigenvalue weighted by Crippen LogP contribution is -2.03. The van der Waals surface area contributed by atoms with Crippen molar-refractivity contribution in [1.29, 1.82) is 0 Å². The SMILES string of the molecule is Cc1cc(Nc2nccc(C)c2[N+](=O)[O-])ccc1C(=O)O. The zero-order chi connectivity index (χ0) is 15.6. The molecule has 2 rings (SSSR count). The number of aromatic nitrogens is 1. The minimum Gasteiger partial charge on any atom is -0.478 e. The van der Waals surface area contributed by atoms with Crippen molar-refractivity contribution in [1.82, 2.24) is 4.98 Å². The van der Waals surface area contributed by atoms with Crippen LogP contribution in [0.3, 0.4) is 0 Å². The lowest BCUT2D eigenvalue weighted by molar-refractivity contribution is -0.384. The number of carbonyl (C=O) groups is 1. The molecule has 0 fully saturated rings. The van der Waals surface area contributed by atoms with Gasteiger partial charge in [0.05, 0.1) is 10.5 Å². The van der Waals surface area contributed by atoms with E-state index in [1.807, 2.05) is 0 Å². The number of carboxylic acid groups (broad SMARTS) is 1. The Hall–Kier alpha value is -2.96. The van der Waals surface area contributed by atoms with Crippen LogP contribution >= 0.6 is 0 Å². The summed E-state index contributed by atoms with van der Waals surface area (Å²) in [5.74, 6) is -0.888. The number of carboxylic acids is 1. The van der Waals surface area contributed by atoms with Crippen LogP contribution in [0, 0.1) is 24.0 Å². The molecular weight excluding hydrogens is 274 g/mol. The van der Waals surface area contributed by atoms with Gasteiger partial charge in [-0.3, -0.25) is 10.1 Å². The number of hydrogen-bond acceptors (Lipinski definition) is 5. The van der Waals surface area contributed by atoms with Crippen LogP contribution in [0.1, 0.15) is 21.5 Å². The third-order valence-corrected chi connectivity index (χ3v) is 3.03. The highest BCUT2D eigenvalue weighted by Gasteiger charge is 2.18. The third-order valence-electron chi connectivity index (χ3n) is 3.03. The van der Waals surface area contributed by atoms with Gasteiger partial charge in [0, 0.05) is 17.4 Å². The minimum absolute atomic E-state index is 0.0996. The molecule has 108 valence electrons. The Morgan fingerprint density at radius 2 is 2.00 bits per heavy atom. The fourth-order valence-corrected chi connectivity index (χ4v) is 1.99. The topological polar surface area (TPSA) is 105 Å². The first-order valence-electron chi connectivity index (χ1n) is 6.11. The lowest BCUT2D eigenvalue weighted by atomic mass is 10.1. The van der Waals surface area contributed by atoms with E-state index in [2.05, 4.69) is 10.3 Å². The van der Waals surface area contributed by atoms with E-state index in [0.29, 0.717) is 16.8 Å². The molecule has 0 aliphatic heterocycles. The quantitative estimate of drug-likeness (QED) is 0.661. The van der Waals surface area contributed by atoms with Gasteiger partial charge in [0.15, 0.2) is 0 Å². The van der Waals surface area contributed by atoms with Gasteiger partial charge in [0.2, 0.25) is 5.82 Å². The molecule has 0 unspecified atom stereocenters. The number of nitrogens with one attached hydrogen (secondary N) is 1. The Balaban J connectivity index is 2.39. The molecule has 0 atom stereocenters. The molecule has 1 aromatic carbocycles. The fourth-order valence-electron chi connectivity index (χ4n) is 1.99. The highest BCUT2D eigenvalue weighted by Crippen LogP contribution is 2.28. The molecule has 2 aromatic rings. The van der Waals surface area contributed by atoms with E-state index in [-0.39, 0.29) is 17.1 Å². The van der Waals surface area contributed by atoms with Gasteiger partial charge < -0.3 is 10.4 Å². The molecule has 0 aliphatic rings. The molecule has 0 saturated heterocycles. The molecule has 0 radical (unpaired) electrons. The molecule has 1 aromatic heterocycles. The number of anilines is 2. The van der Waals surface area contributed by atoms with E-state index >= 15 is 0 Å². The Kier molecular flexibility index (Phi) is 3.84. The molecule has 0 aliphatic carbocycles. The van der Waals surface area contributed by atoms with Crippen molar-refractivity contribution in [2.45, 2.75) is 13.8 Å². The molecule has 0 saturated carbocycles. The summed E-state index contributed by atoms with van der Waals surface area (Å²) >= 11 is 0. The van der Waals surface area contributed by atoms with Crippen LogP contribution in [-0.4, -0.2) is 21.0 Å². The van der Waals surface area contributed by atoms with Crippen molar-refractivity contribution in [3.63, 3.8) is 0 Å². The first-order valence-corrected chi connectivity index (χ1v) is 6.11. The first kappa shape index (κ1) is 14.4. The summed E-state index contributed by atoms with van der Waals surface area (Å²) in [5.41, 5.74) is 1.68. The van der Waals surface area contributed by atoms with Gasteiger partial charge in [0.1, 0.15) is 0 Å². The Morgan fingerprint density at radius 1 is 1.29 bits per heavy atom.